The molecule has 3 aromatic rings. The van der Waals surface area contributed by atoms with Crippen LogP contribution in [0.4, 0.5) is 11.4 Å². The smallest absolute Gasteiger partial charge is 0.266 e. The van der Waals surface area contributed by atoms with E-state index in [1.54, 1.807) is 41.7 Å². The molecule has 0 unspecified atom stereocenters. The van der Waals surface area contributed by atoms with Crippen LogP contribution in [0.3, 0.4) is 0 Å². The quantitative estimate of drug-likeness (QED) is 0.564. The molecule has 150 valence electrons. The Labute approximate surface area is 182 Å². The molecule has 1 aromatic heterocycles. The summed E-state index contributed by atoms with van der Waals surface area (Å²) in [4.78, 5) is 38.1. The van der Waals surface area contributed by atoms with E-state index in [4.69, 9.17) is 28.0 Å². The highest BCUT2D eigenvalue weighted by Crippen LogP contribution is 2.49. The molecule has 6 nitrogen and oxygen atoms in total. The number of hydroxylamine groups is 1. The lowest BCUT2D eigenvalue weighted by Crippen LogP contribution is -2.37. The number of nitrogens with zero attached hydrogens (tertiary/aromatic N) is 3. The molecule has 2 aromatic carbocycles. The van der Waals surface area contributed by atoms with Crippen LogP contribution >= 0.6 is 23.2 Å². The molecule has 8 heteroatoms. The highest BCUT2D eigenvalue weighted by molar-refractivity contribution is 6.42. The number of hydrogen-bond donors (Lipinski definition) is 0. The van der Waals surface area contributed by atoms with Gasteiger partial charge in [0.2, 0.25) is 5.91 Å². The average molecular weight is 440 g/mol. The Morgan fingerprint density at radius 2 is 1.60 bits per heavy atom. The predicted molar refractivity (Wildman–Crippen MR) is 113 cm³/mol. The van der Waals surface area contributed by atoms with Crippen LogP contribution < -0.4 is 9.96 Å². The normalized spacial score (nSPS) is 23.2. The van der Waals surface area contributed by atoms with Gasteiger partial charge in [-0.1, -0.05) is 53.5 Å². The van der Waals surface area contributed by atoms with E-state index in [0.29, 0.717) is 0 Å². The number of fused-ring (bicyclic) bond motifs is 1. The maximum Gasteiger partial charge on any atom is 0.266 e. The molecule has 2 aliphatic heterocycles. The van der Waals surface area contributed by atoms with Crippen LogP contribution in [0.2, 0.25) is 10.0 Å². The number of hydrogen-bond acceptors (Lipinski definition) is 5. The topological polar surface area (TPSA) is 62.7 Å². The fourth-order valence-electron chi connectivity index (χ4n) is 4.03. The van der Waals surface area contributed by atoms with Crippen molar-refractivity contribution in [3.63, 3.8) is 0 Å². The third-order valence-electron chi connectivity index (χ3n) is 5.31. The van der Waals surface area contributed by atoms with Gasteiger partial charge in [0.1, 0.15) is 5.92 Å². The zero-order valence-electron chi connectivity index (χ0n) is 15.5. The monoisotopic (exact) mass is 439 g/mol. The van der Waals surface area contributed by atoms with E-state index in [9.17, 15) is 9.59 Å². The summed E-state index contributed by atoms with van der Waals surface area (Å²) in [6.07, 6.45) is 2.34. The minimum Gasteiger partial charge on any atom is -0.273 e. The Bertz CT molecular complexity index is 1110. The molecular weight excluding hydrogens is 425 g/mol. The minimum absolute atomic E-state index is 0.185. The second-order valence-electron chi connectivity index (χ2n) is 7.03. The number of rotatable bonds is 3. The lowest BCUT2D eigenvalue weighted by molar-refractivity contribution is -0.126. The third kappa shape index (κ3) is 2.88. The molecule has 0 bridgehead atoms. The number of benzene rings is 2. The Balaban J connectivity index is 1.61. The Morgan fingerprint density at radius 1 is 0.867 bits per heavy atom. The molecular formula is C22H15Cl2N3O3. The highest BCUT2D eigenvalue weighted by atomic mass is 35.5. The van der Waals surface area contributed by atoms with Crippen molar-refractivity contribution in [1.29, 1.82) is 0 Å². The van der Waals surface area contributed by atoms with Crippen LogP contribution in [-0.2, 0) is 14.4 Å². The number of carbonyl (C=O) groups is 2. The molecule has 2 saturated heterocycles. The van der Waals surface area contributed by atoms with E-state index in [1.807, 2.05) is 36.4 Å². The van der Waals surface area contributed by atoms with Crippen molar-refractivity contribution < 1.29 is 14.4 Å². The predicted octanol–water partition coefficient (Wildman–Crippen LogP) is 4.44. The number of anilines is 2. The second kappa shape index (κ2) is 7.40. The van der Waals surface area contributed by atoms with Gasteiger partial charge >= 0.3 is 0 Å². The van der Waals surface area contributed by atoms with Crippen LogP contribution in [-0.4, -0.2) is 22.9 Å². The van der Waals surface area contributed by atoms with Gasteiger partial charge in [-0.3, -0.25) is 19.4 Å². The van der Waals surface area contributed by atoms with Crippen LogP contribution in [0.5, 0.6) is 0 Å². The van der Waals surface area contributed by atoms with Crippen molar-refractivity contribution in [3.05, 3.63) is 88.7 Å². The first kappa shape index (κ1) is 19.1. The molecule has 0 N–H and O–H groups in total. The van der Waals surface area contributed by atoms with E-state index >= 15 is 0 Å². The highest BCUT2D eigenvalue weighted by Gasteiger charge is 2.60. The van der Waals surface area contributed by atoms with Crippen LogP contribution in [0.25, 0.3) is 0 Å². The van der Waals surface area contributed by atoms with Crippen molar-refractivity contribution in [2.24, 2.45) is 5.92 Å². The number of carbonyl (C=O) groups excluding carboxylic acids is 2. The number of halogens is 2. The van der Waals surface area contributed by atoms with Crippen molar-refractivity contribution in [2.45, 2.75) is 12.1 Å². The molecule has 0 aliphatic carbocycles. The van der Waals surface area contributed by atoms with Crippen LogP contribution in [0.1, 0.15) is 11.6 Å². The third-order valence-corrected chi connectivity index (χ3v) is 5.92. The van der Waals surface area contributed by atoms with E-state index in [-0.39, 0.29) is 15.7 Å². The zero-order chi connectivity index (χ0) is 20.8. The number of amides is 2. The van der Waals surface area contributed by atoms with Gasteiger partial charge in [-0.2, -0.15) is 0 Å². The summed E-state index contributed by atoms with van der Waals surface area (Å²) in [5.41, 5.74) is 1.69. The van der Waals surface area contributed by atoms with Crippen LogP contribution in [0.15, 0.2) is 73.1 Å². The molecule has 5 rings (SSSR count). The standard InChI is InChI=1S/C22H15Cl2N3O3/c23-15-9-4-10-16(24)19(15)26-21(28)17-18(13-6-5-11-25-12-13)27(30-20(17)22(26)29)14-7-2-1-3-8-14/h1-12,17-18,20H/t17-,18-,20-/m0/s1. The molecule has 3 atom stereocenters. The van der Waals surface area contributed by atoms with E-state index in [2.05, 4.69) is 4.98 Å². The van der Waals surface area contributed by atoms with Crippen molar-refractivity contribution in [3.8, 4) is 0 Å². The molecule has 0 spiro atoms. The van der Waals surface area contributed by atoms with E-state index < -0.39 is 29.9 Å². The van der Waals surface area contributed by atoms with Gasteiger partial charge in [0.15, 0.2) is 6.10 Å². The van der Waals surface area contributed by atoms with Crippen LogP contribution in [0, 0.1) is 5.92 Å². The molecule has 0 saturated carbocycles. The summed E-state index contributed by atoms with van der Waals surface area (Å²) < 4.78 is 0. The lowest BCUT2D eigenvalue weighted by Gasteiger charge is -2.28. The second-order valence-corrected chi connectivity index (χ2v) is 7.84. The molecule has 2 fully saturated rings. The summed E-state index contributed by atoms with van der Waals surface area (Å²) in [6, 6.07) is 17.3. The average Bonchev–Trinajstić information content (AvgIpc) is 3.27. The fourth-order valence-corrected chi connectivity index (χ4v) is 4.59. The molecule has 2 amide bonds. The molecule has 30 heavy (non-hydrogen) atoms. The van der Waals surface area contributed by atoms with Crippen molar-refractivity contribution >= 4 is 46.4 Å². The van der Waals surface area contributed by atoms with Gasteiger partial charge in [0.05, 0.1) is 27.5 Å². The van der Waals surface area contributed by atoms with Gasteiger partial charge in [-0.15, -0.1) is 0 Å². The fraction of sp³-hybridized carbons (Fsp3) is 0.136. The molecule has 3 heterocycles. The van der Waals surface area contributed by atoms with Crippen molar-refractivity contribution in [2.75, 3.05) is 9.96 Å². The first-order valence-corrected chi connectivity index (χ1v) is 10.1. The first-order chi connectivity index (χ1) is 14.6. The zero-order valence-corrected chi connectivity index (χ0v) is 17.0. The molecule has 2 aliphatic rings. The Kier molecular flexibility index (Phi) is 4.70. The maximum atomic E-state index is 13.5. The number of imide groups is 1. The lowest BCUT2D eigenvalue weighted by atomic mass is 9.91. The largest absolute Gasteiger partial charge is 0.273 e. The summed E-state index contributed by atoms with van der Waals surface area (Å²) in [6.45, 7) is 0. The Morgan fingerprint density at radius 3 is 2.27 bits per heavy atom. The minimum atomic E-state index is -0.991. The van der Waals surface area contributed by atoms with E-state index in [1.165, 1.54) is 0 Å². The van der Waals surface area contributed by atoms with Gasteiger partial charge < -0.3 is 0 Å². The number of pyridine rings is 1. The summed E-state index contributed by atoms with van der Waals surface area (Å²) >= 11 is 12.6. The number of aromatic nitrogens is 1. The van der Waals surface area contributed by atoms with Gasteiger partial charge in [-0.25, -0.2) is 9.96 Å². The van der Waals surface area contributed by atoms with Gasteiger partial charge in [-0.05, 0) is 35.9 Å². The van der Waals surface area contributed by atoms with Crippen molar-refractivity contribution in [1.82, 2.24) is 4.98 Å². The van der Waals surface area contributed by atoms with Gasteiger partial charge in [0.25, 0.3) is 5.91 Å². The van der Waals surface area contributed by atoms with Gasteiger partial charge in [0, 0.05) is 12.4 Å². The molecule has 0 radical (unpaired) electrons. The van der Waals surface area contributed by atoms with E-state index in [0.717, 1.165) is 16.2 Å². The number of para-hydroxylation sites is 2. The SMILES string of the molecule is O=C1[C@@H]2[C@H](ON(c3ccccc3)[C@H]2c2cccnc2)C(=O)N1c1c(Cl)cccc1Cl. The summed E-state index contributed by atoms with van der Waals surface area (Å²) in [7, 11) is 0. The Hall–Kier alpha value is -2.93. The summed E-state index contributed by atoms with van der Waals surface area (Å²) in [5, 5.41) is 2.07. The maximum absolute atomic E-state index is 13.5. The summed E-state index contributed by atoms with van der Waals surface area (Å²) in [5.74, 6) is -1.67. The first-order valence-electron chi connectivity index (χ1n) is 9.30.